The minimum atomic E-state index is -1.11. The molecule has 6 nitrogen and oxygen atoms in total. The largest absolute Gasteiger partial charge is 0.476 e. The van der Waals surface area contributed by atoms with E-state index in [4.69, 9.17) is 9.52 Å². The molecule has 6 heteroatoms. The second-order valence-electron chi connectivity index (χ2n) is 3.05. The van der Waals surface area contributed by atoms with Gasteiger partial charge < -0.3 is 14.8 Å². The van der Waals surface area contributed by atoms with Crippen molar-refractivity contribution in [1.82, 2.24) is 9.97 Å². The molecule has 0 saturated carbocycles. The molecule has 0 aliphatic carbocycles. The lowest BCUT2D eigenvalue weighted by molar-refractivity contribution is 0.0690. The maximum atomic E-state index is 10.5. The van der Waals surface area contributed by atoms with Crippen molar-refractivity contribution in [3.63, 3.8) is 0 Å². The molecule has 16 heavy (non-hydrogen) atoms. The summed E-state index contributed by atoms with van der Waals surface area (Å²) in [5.41, 5.74) is 0.891. The summed E-state index contributed by atoms with van der Waals surface area (Å²) in [6, 6.07) is 3.87. The van der Waals surface area contributed by atoms with Gasteiger partial charge in [-0.15, -0.1) is 0 Å². The Morgan fingerprint density at radius 3 is 2.81 bits per heavy atom. The summed E-state index contributed by atoms with van der Waals surface area (Å²) in [5.74, 6) is -1.11. The highest BCUT2D eigenvalue weighted by atomic mass is 16.4. The highest BCUT2D eigenvalue weighted by Crippen LogP contribution is 2.08. The normalized spacial score (nSPS) is 10.0. The number of nitrogens with zero attached hydrogens (tertiary/aromatic N) is 2. The molecule has 0 fully saturated rings. The molecule has 0 aliphatic rings. The molecule has 2 aromatic heterocycles. The Labute approximate surface area is 91.0 Å². The van der Waals surface area contributed by atoms with E-state index in [1.165, 1.54) is 0 Å². The van der Waals surface area contributed by atoms with Crippen molar-refractivity contribution in [1.29, 1.82) is 0 Å². The quantitative estimate of drug-likeness (QED) is 0.807. The summed E-state index contributed by atoms with van der Waals surface area (Å²) >= 11 is 0. The van der Waals surface area contributed by atoms with Crippen molar-refractivity contribution in [3.8, 4) is 0 Å². The van der Waals surface area contributed by atoms with Crippen molar-refractivity contribution < 1.29 is 14.3 Å². The van der Waals surface area contributed by atoms with Crippen molar-refractivity contribution in [2.45, 2.75) is 6.54 Å². The fourth-order valence-corrected chi connectivity index (χ4v) is 1.13. The highest BCUT2D eigenvalue weighted by Gasteiger charge is 2.09. The maximum absolute atomic E-state index is 10.5. The van der Waals surface area contributed by atoms with Gasteiger partial charge in [-0.25, -0.2) is 4.79 Å². The molecule has 2 N–H and O–H groups in total. The van der Waals surface area contributed by atoms with Gasteiger partial charge in [0, 0.05) is 18.9 Å². The Bertz CT molecular complexity index is 481. The Morgan fingerprint density at radius 2 is 2.19 bits per heavy atom. The molecular formula is C10H9N3O3. The van der Waals surface area contributed by atoms with Crippen LogP contribution in [-0.4, -0.2) is 21.0 Å². The fourth-order valence-electron chi connectivity index (χ4n) is 1.13. The molecule has 82 valence electrons. The first kappa shape index (κ1) is 10.2. The number of carboxylic acid groups (broad SMARTS) is 1. The summed E-state index contributed by atoms with van der Waals surface area (Å²) in [4.78, 5) is 18.1. The van der Waals surface area contributed by atoms with E-state index in [-0.39, 0.29) is 11.7 Å². The van der Waals surface area contributed by atoms with Crippen LogP contribution in [0.25, 0.3) is 0 Å². The monoisotopic (exact) mass is 219 g/mol. The number of aromatic carboxylic acids is 1. The molecule has 0 atom stereocenters. The third-order valence-electron chi connectivity index (χ3n) is 1.92. The smallest absolute Gasteiger partial charge is 0.357 e. The van der Waals surface area contributed by atoms with Crippen molar-refractivity contribution >= 4 is 12.0 Å². The first-order chi connectivity index (χ1) is 7.75. The van der Waals surface area contributed by atoms with E-state index in [1.54, 1.807) is 12.4 Å². The number of hydrogen-bond donors (Lipinski definition) is 2. The lowest BCUT2D eigenvalue weighted by atomic mass is 10.3. The van der Waals surface area contributed by atoms with Gasteiger partial charge in [-0.2, -0.15) is 4.98 Å². The Kier molecular flexibility index (Phi) is 2.81. The topological polar surface area (TPSA) is 88.2 Å². The van der Waals surface area contributed by atoms with Gasteiger partial charge in [-0.05, 0) is 17.7 Å². The molecule has 2 rings (SSSR count). The SMILES string of the molecule is O=C(O)c1coc(NCc2ccncc2)n1. The minimum absolute atomic E-state index is 0.114. The lowest BCUT2D eigenvalue weighted by Crippen LogP contribution is -2.01. The van der Waals surface area contributed by atoms with Crippen molar-refractivity contribution in [2.75, 3.05) is 5.32 Å². The molecule has 2 heterocycles. The molecule has 0 radical (unpaired) electrons. The molecule has 0 amide bonds. The molecule has 0 aliphatic heterocycles. The summed E-state index contributed by atoms with van der Waals surface area (Å²) in [5, 5.41) is 11.5. The minimum Gasteiger partial charge on any atom is -0.476 e. The summed E-state index contributed by atoms with van der Waals surface area (Å²) in [6.07, 6.45) is 4.45. The molecule has 0 spiro atoms. The zero-order chi connectivity index (χ0) is 11.4. The number of carbonyl (C=O) groups is 1. The van der Waals surface area contributed by atoms with E-state index < -0.39 is 5.97 Å². The van der Waals surface area contributed by atoms with Gasteiger partial charge in [-0.1, -0.05) is 0 Å². The molecule has 0 unspecified atom stereocenters. The van der Waals surface area contributed by atoms with E-state index in [1.807, 2.05) is 12.1 Å². The van der Waals surface area contributed by atoms with Gasteiger partial charge in [0.05, 0.1) is 0 Å². The number of hydrogen-bond acceptors (Lipinski definition) is 5. The first-order valence-corrected chi connectivity index (χ1v) is 4.57. The number of rotatable bonds is 4. The van der Waals surface area contributed by atoms with Crippen LogP contribution in [0.3, 0.4) is 0 Å². The van der Waals surface area contributed by atoms with Crippen LogP contribution in [0.4, 0.5) is 6.01 Å². The predicted octanol–water partition coefficient (Wildman–Crippen LogP) is 1.38. The van der Waals surface area contributed by atoms with Crippen LogP contribution < -0.4 is 5.32 Å². The fraction of sp³-hybridized carbons (Fsp3) is 0.100. The van der Waals surface area contributed by atoms with Gasteiger partial charge in [0.2, 0.25) is 0 Å². The van der Waals surface area contributed by atoms with Crippen LogP contribution in [0.1, 0.15) is 16.1 Å². The molecule has 0 saturated heterocycles. The van der Waals surface area contributed by atoms with Crippen LogP contribution in [0.5, 0.6) is 0 Å². The van der Waals surface area contributed by atoms with Gasteiger partial charge in [0.1, 0.15) is 6.26 Å². The van der Waals surface area contributed by atoms with E-state index in [9.17, 15) is 4.79 Å². The standard InChI is InChI=1S/C10H9N3O3/c14-9(15)8-6-16-10(13-8)12-5-7-1-3-11-4-2-7/h1-4,6H,5H2,(H,12,13)(H,14,15). The van der Waals surface area contributed by atoms with Crippen LogP contribution in [-0.2, 0) is 6.54 Å². The number of carboxylic acids is 1. The molecule has 0 aromatic carbocycles. The van der Waals surface area contributed by atoms with E-state index in [0.717, 1.165) is 11.8 Å². The van der Waals surface area contributed by atoms with Gasteiger partial charge in [-0.3, -0.25) is 4.98 Å². The van der Waals surface area contributed by atoms with Crippen LogP contribution in [0, 0.1) is 0 Å². The lowest BCUT2D eigenvalue weighted by Gasteiger charge is -2.00. The van der Waals surface area contributed by atoms with E-state index >= 15 is 0 Å². The Balaban J connectivity index is 1.97. The van der Waals surface area contributed by atoms with Gasteiger partial charge in [0.25, 0.3) is 6.01 Å². The van der Waals surface area contributed by atoms with Gasteiger partial charge >= 0.3 is 5.97 Å². The highest BCUT2D eigenvalue weighted by molar-refractivity contribution is 5.85. The third kappa shape index (κ3) is 2.35. The van der Waals surface area contributed by atoms with E-state index in [2.05, 4.69) is 15.3 Å². The zero-order valence-corrected chi connectivity index (χ0v) is 8.25. The Morgan fingerprint density at radius 1 is 1.44 bits per heavy atom. The van der Waals surface area contributed by atoms with Crippen LogP contribution in [0.15, 0.2) is 35.2 Å². The number of anilines is 1. The summed E-state index contributed by atoms with van der Waals surface area (Å²) < 4.78 is 4.93. The Hall–Kier alpha value is -2.37. The zero-order valence-electron chi connectivity index (χ0n) is 8.25. The summed E-state index contributed by atoms with van der Waals surface area (Å²) in [7, 11) is 0. The second-order valence-corrected chi connectivity index (χ2v) is 3.05. The van der Waals surface area contributed by atoms with Crippen molar-refractivity contribution in [2.24, 2.45) is 0 Å². The summed E-state index contributed by atoms with van der Waals surface area (Å²) in [6.45, 7) is 0.502. The maximum Gasteiger partial charge on any atom is 0.357 e. The van der Waals surface area contributed by atoms with E-state index in [0.29, 0.717) is 6.54 Å². The average molecular weight is 219 g/mol. The number of nitrogens with one attached hydrogen (secondary N) is 1. The van der Waals surface area contributed by atoms with Gasteiger partial charge in [0.15, 0.2) is 5.69 Å². The number of pyridine rings is 1. The van der Waals surface area contributed by atoms with Crippen LogP contribution >= 0.6 is 0 Å². The number of aromatic nitrogens is 2. The molecule has 0 bridgehead atoms. The molecular weight excluding hydrogens is 210 g/mol. The molecule has 2 aromatic rings. The first-order valence-electron chi connectivity index (χ1n) is 4.57. The third-order valence-corrected chi connectivity index (χ3v) is 1.92. The van der Waals surface area contributed by atoms with Crippen LogP contribution in [0.2, 0.25) is 0 Å². The second kappa shape index (κ2) is 4.43. The average Bonchev–Trinajstić information content (AvgIpc) is 2.76. The van der Waals surface area contributed by atoms with Crippen molar-refractivity contribution in [3.05, 3.63) is 42.0 Å². The predicted molar refractivity (Wildman–Crippen MR) is 55.0 cm³/mol. The number of oxazole rings is 1.